The van der Waals surface area contributed by atoms with Crippen LogP contribution in [0.1, 0.15) is 0 Å². The van der Waals surface area contributed by atoms with Gasteiger partial charge in [0.25, 0.3) is 0 Å². The molecule has 1 aromatic rings. The van der Waals surface area contributed by atoms with E-state index in [1.165, 1.54) is 6.33 Å². The molecule has 0 aliphatic carbocycles. The summed E-state index contributed by atoms with van der Waals surface area (Å²) in [6, 6.07) is 0. The standard InChI is InChI=1S/C5H4ClIN2O/c1-10-5-3(7)4(6)8-2-9-5/h2H,1H3. The Morgan fingerprint density at radius 1 is 1.60 bits per heavy atom. The molecule has 0 spiro atoms. The van der Waals surface area contributed by atoms with Gasteiger partial charge in [-0.3, -0.25) is 0 Å². The lowest BCUT2D eigenvalue weighted by molar-refractivity contribution is 0.393. The van der Waals surface area contributed by atoms with Crippen LogP contribution in [0.25, 0.3) is 0 Å². The van der Waals surface area contributed by atoms with E-state index >= 15 is 0 Å². The molecule has 0 aliphatic heterocycles. The second-order valence-corrected chi connectivity index (χ2v) is 2.92. The Balaban J connectivity index is 3.14. The Kier molecular flexibility index (Phi) is 2.67. The van der Waals surface area contributed by atoms with Gasteiger partial charge < -0.3 is 4.74 Å². The lowest BCUT2D eigenvalue weighted by Gasteiger charge is -1.99. The highest BCUT2D eigenvalue weighted by atomic mass is 127. The molecule has 0 radical (unpaired) electrons. The molecule has 3 nitrogen and oxygen atoms in total. The number of rotatable bonds is 1. The van der Waals surface area contributed by atoms with Crippen molar-refractivity contribution in [1.82, 2.24) is 9.97 Å². The highest BCUT2D eigenvalue weighted by molar-refractivity contribution is 14.1. The van der Waals surface area contributed by atoms with Crippen molar-refractivity contribution >= 4 is 34.2 Å². The molecule has 54 valence electrons. The third-order valence-electron chi connectivity index (χ3n) is 0.908. The Hall–Kier alpha value is -0.100. The van der Waals surface area contributed by atoms with E-state index in [0.717, 1.165) is 3.57 Å². The Bertz CT molecular complexity index is 243. The Morgan fingerprint density at radius 2 is 2.30 bits per heavy atom. The minimum Gasteiger partial charge on any atom is -0.480 e. The first-order valence-electron chi connectivity index (χ1n) is 2.45. The predicted octanol–water partition coefficient (Wildman–Crippen LogP) is 1.74. The largest absolute Gasteiger partial charge is 0.480 e. The third kappa shape index (κ3) is 1.49. The van der Waals surface area contributed by atoms with Gasteiger partial charge in [0, 0.05) is 0 Å². The number of nitrogens with zero attached hydrogens (tertiary/aromatic N) is 2. The summed E-state index contributed by atoms with van der Waals surface area (Å²) in [5, 5.41) is 0.424. The van der Waals surface area contributed by atoms with Crippen LogP contribution in [-0.4, -0.2) is 17.1 Å². The van der Waals surface area contributed by atoms with Gasteiger partial charge >= 0.3 is 0 Å². The second-order valence-electron chi connectivity index (χ2n) is 1.49. The minimum atomic E-state index is 0.424. The van der Waals surface area contributed by atoms with Crippen molar-refractivity contribution in [2.75, 3.05) is 7.11 Å². The monoisotopic (exact) mass is 270 g/mol. The maximum absolute atomic E-state index is 5.65. The number of aromatic nitrogens is 2. The highest BCUT2D eigenvalue weighted by Gasteiger charge is 2.04. The van der Waals surface area contributed by atoms with Gasteiger partial charge in [-0.15, -0.1) is 0 Å². The molecule has 5 heteroatoms. The van der Waals surface area contributed by atoms with E-state index in [0.29, 0.717) is 11.0 Å². The second kappa shape index (κ2) is 3.34. The van der Waals surface area contributed by atoms with Gasteiger partial charge in [-0.2, -0.15) is 0 Å². The maximum atomic E-state index is 5.65. The molecule has 1 aromatic heterocycles. The molecule has 0 fully saturated rings. The molecule has 0 saturated heterocycles. The van der Waals surface area contributed by atoms with Gasteiger partial charge in [0.2, 0.25) is 5.88 Å². The van der Waals surface area contributed by atoms with Gasteiger partial charge in [0.05, 0.1) is 7.11 Å². The molecular formula is C5H4ClIN2O. The molecule has 0 aromatic carbocycles. The fourth-order valence-electron chi connectivity index (χ4n) is 0.476. The van der Waals surface area contributed by atoms with Crippen molar-refractivity contribution in [1.29, 1.82) is 0 Å². The highest BCUT2D eigenvalue weighted by Crippen LogP contribution is 2.22. The zero-order chi connectivity index (χ0) is 7.56. The predicted molar refractivity (Wildman–Crippen MR) is 46.3 cm³/mol. The first kappa shape index (κ1) is 8.00. The van der Waals surface area contributed by atoms with Crippen LogP contribution in [0.2, 0.25) is 5.15 Å². The number of halogens is 2. The molecule has 0 aliphatic rings. The van der Waals surface area contributed by atoms with Gasteiger partial charge in [0.1, 0.15) is 15.1 Å². The quantitative estimate of drug-likeness (QED) is 0.576. The van der Waals surface area contributed by atoms with Crippen LogP contribution in [0.3, 0.4) is 0 Å². The van der Waals surface area contributed by atoms with Crippen molar-refractivity contribution in [3.63, 3.8) is 0 Å². The van der Waals surface area contributed by atoms with Crippen LogP contribution in [0.5, 0.6) is 5.88 Å². The molecule has 0 N–H and O–H groups in total. The third-order valence-corrected chi connectivity index (χ3v) is 2.49. The average Bonchev–Trinajstić information content (AvgIpc) is 1.95. The van der Waals surface area contributed by atoms with Crippen LogP contribution < -0.4 is 4.74 Å². The molecule has 0 atom stereocenters. The van der Waals surface area contributed by atoms with Crippen LogP contribution in [0, 0.1) is 3.57 Å². The van der Waals surface area contributed by atoms with Crippen molar-refractivity contribution in [3.8, 4) is 5.88 Å². The zero-order valence-electron chi connectivity index (χ0n) is 5.14. The number of hydrogen-bond donors (Lipinski definition) is 0. The molecule has 1 heterocycles. The first-order chi connectivity index (χ1) is 4.75. The smallest absolute Gasteiger partial charge is 0.231 e. The minimum absolute atomic E-state index is 0.424. The van der Waals surface area contributed by atoms with E-state index < -0.39 is 0 Å². The fourth-order valence-corrected chi connectivity index (χ4v) is 1.10. The van der Waals surface area contributed by atoms with E-state index in [4.69, 9.17) is 16.3 Å². The van der Waals surface area contributed by atoms with Crippen molar-refractivity contribution in [3.05, 3.63) is 15.1 Å². The summed E-state index contributed by atoms with van der Waals surface area (Å²) in [5.74, 6) is 0.514. The summed E-state index contributed by atoms with van der Waals surface area (Å²) in [7, 11) is 1.54. The molecule has 0 bridgehead atoms. The van der Waals surface area contributed by atoms with E-state index in [1.807, 2.05) is 22.6 Å². The van der Waals surface area contributed by atoms with Crippen molar-refractivity contribution in [2.45, 2.75) is 0 Å². The van der Waals surface area contributed by atoms with E-state index in [9.17, 15) is 0 Å². The average molecular weight is 270 g/mol. The van der Waals surface area contributed by atoms with Gasteiger partial charge in [-0.1, -0.05) is 11.6 Å². The summed E-state index contributed by atoms with van der Waals surface area (Å²) >= 11 is 7.68. The summed E-state index contributed by atoms with van der Waals surface area (Å²) < 4.78 is 5.62. The molecule has 0 saturated carbocycles. The summed E-state index contributed by atoms with van der Waals surface area (Å²) in [6.07, 6.45) is 1.36. The molecule has 0 amide bonds. The lowest BCUT2D eigenvalue weighted by atomic mass is 10.6. The van der Waals surface area contributed by atoms with E-state index in [1.54, 1.807) is 7.11 Å². The van der Waals surface area contributed by atoms with Crippen molar-refractivity contribution in [2.24, 2.45) is 0 Å². The summed E-state index contributed by atoms with van der Waals surface area (Å²) in [6.45, 7) is 0. The SMILES string of the molecule is COc1ncnc(Cl)c1I. The van der Waals surface area contributed by atoms with Crippen molar-refractivity contribution < 1.29 is 4.74 Å². The van der Waals surface area contributed by atoms with Crippen LogP contribution in [0.15, 0.2) is 6.33 Å². The molecule has 0 unspecified atom stereocenters. The van der Waals surface area contributed by atoms with Gasteiger partial charge in [0.15, 0.2) is 0 Å². The Morgan fingerprint density at radius 3 is 2.80 bits per heavy atom. The topological polar surface area (TPSA) is 35.0 Å². The maximum Gasteiger partial charge on any atom is 0.231 e. The number of hydrogen-bond acceptors (Lipinski definition) is 3. The zero-order valence-corrected chi connectivity index (χ0v) is 8.05. The van der Waals surface area contributed by atoms with Crippen LogP contribution in [-0.2, 0) is 0 Å². The van der Waals surface area contributed by atoms with E-state index in [-0.39, 0.29) is 0 Å². The molecule has 1 rings (SSSR count). The normalized spacial score (nSPS) is 9.50. The van der Waals surface area contributed by atoms with Gasteiger partial charge in [-0.25, -0.2) is 9.97 Å². The fraction of sp³-hybridized carbons (Fsp3) is 0.200. The number of ether oxygens (including phenoxy) is 1. The van der Waals surface area contributed by atoms with Crippen LogP contribution >= 0.6 is 34.2 Å². The number of methoxy groups -OCH3 is 1. The Labute approximate surface area is 76.9 Å². The first-order valence-corrected chi connectivity index (χ1v) is 3.91. The van der Waals surface area contributed by atoms with Gasteiger partial charge in [-0.05, 0) is 22.6 Å². The van der Waals surface area contributed by atoms with Crippen LogP contribution in [0.4, 0.5) is 0 Å². The van der Waals surface area contributed by atoms with E-state index in [2.05, 4.69) is 9.97 Å². The summed E-state index contributed by atoms with van der Waals surface area (Å²) in [4.78, 5) is 7.59. The molecular weight excluding hydrogens is 266 g/mol. The summed E-state index contributed by atoms with van der Waals surface area (Å²) in [5.41, 5.74) is 0. The molecule has 10 heavy (non-hydrogen) atoms. The lowest BCUT2D eigenvalue weighted by Crippen LogP contribution is -1.92.